The quantitative estimate of drug-likeness (QED) is 0.911. The molecule has 2 rings (SSSR count). The number of phenols is 1. The van der Waals surface area contributed by atoms with Crippen LogP contribution in [-0.4, -0.2) is 23.1 Å². The lowest BCUT2D eigenvalue weighted by Crippen LogP contribution is -2.13. The first kappa shape index (κ1) is 14.4. The number of hydrogen-bond donors (Lipinski definition) is 2. The third-order valence-corrected chi connectivity index (χ3v) is 3.11. The molecule has 0 fully saturated rings. The summed E-state index contributed by atoms with van der Waals surface area (Å²) in [5, 5.41) is 12.7. The number of nitrogens with one attached hydrogen (secondary N) is 1. The van der Waals surface area contributed by atoms with Crippen LogP contribution in [0.15, 0.2) is 30.6 Å². The first-order chi connectivity index (χ1) is 9.52. The largest absolute Gasteiger partial charge is 0.507 e. The maximum absolute atomic E-state index is 12.1. The minimum Gasteiger partial charge on any atom is -0.507 e. The van der Waals surface area contributed by atoms with Crippen LogP contribution in [0.25, 0.3) is 0 Å². The summed E-state index contributed by atoms with van der Waals surface area (Å²) >= 11 is 11.8. The van der Waals surface area contributed by atoms with E-state index in [0.717, 1.165) is 0 Å². The van der Waals surface area contributed by atoms with Crippen molar-refractivity contribution in [2.24, 2.45) is 0 Å². The van der Waals surface area contributed by atoms with E-state index in [1.54, 1.807) is 6.07 Å². The number of amides is 1. The Bertz CT molecular complexity index is 642. The summed E-state index contributed by atoms with van der Waals surface area (Å²) in [5.41, 5.74) is 0.318. The van der Waals surface area contributed by atoms with Gasteiger partial charge >= 0.3 is 0 Å². The van der Waals surface area contributed by atoms with Crippen LogP contribution in [0, 0.1) is 0 Å². The second-order valence-electron chi connectivity index (χ2n) is 3.82. The zero-order valence-electron chi connectivity index (χ0n) is 10.4. The normalized spacial score (nSPS) is 10.2. The van der Waals surface area contributed by atoms with Gasteiger partial charge in [-0.3, -0.25) is 9.78 Å². The number of aromatic hydroxyl groups is 1. The SMILES string of the molecule is COc1ccc(C(=O)Nc2c(Cl)cncc2Cl)c(O)c1. The van der Waals surface area contributed by atoms with E-state index >= 15 is 0 Å². The molecule has 104 valence electrons. The van der Waals surface area contributed by atoms with Crippen LogP contribution in [0.5, 0.6) is 11.5 Å². The molecule has 0 aliphatic heterocycles. The summed E-state index contributed by atoms with van der Waals surface area (Å²) in [4.78, 5) is 15.9. The number of phenolic OH excluding ortho intramolecular Hbond substituents is 1. The summed E-state index contributed by atoms with van der Waals surface area (Å²) in [6.07, 6.45) is 2.72. The second-order valence-corrected chi connectivity index (χ2v) is 4.63. The molecule has 1 aromatic carbocycles. The number of benzene rings is 1. The molecule has 1 aromatic heterocycles. The second kappa shape index (κ2) is 5.98. The minimum atomic E-state index is -0.542. The van der Waals surface area contributed by atoms with Gasteiger partial charge in [0.1, 0.15) is 11.5 Å². The summed E-state index contributed by atoms with van der Waals surface area (Å²) in [5.74, 6) is -0.303. The molecule has 1 heterocycles. The molecule has 2 aromatic rings. The highest BCUT2D eigenvalue weighted by atomic mass is 35.5. The number of carbonyl (C=O) groups is 1. The Hall–Kier alpha value is -1.98. The number of nitrogens with zero attached hydrogens (tertiary/aromatic N) is 1. The molecule has 0 aliphatic rings. The van der Waals surface area contributed by atoms with Crippen molar-refractivity contribution < 1.29 is 14.6 Å². The molecular weight excluding hydrogens is 303 g/mol. The summed E-state index contributed by atoms with van der Waals surface area (Å²) in [7, 11) is 1.46. The van der Waals surface area contributed by atoms with Crippen LogP contribution < -0.4 is 10.1 Å². The molecule has 0 unspecified atom stereocenters. The van der Waals surface area contributed by atoms with Gasteiger partial charge in [-0.1, -0.05) is 23.2 Å². The smallest absolute Gasteiger partial charge is 0.259 e. The van der Waals surface area contributed by atoms with E-state index in [1.807, 2.05) is 0 Å². The number of halogens is 2. The van der Waals surface area contributed by atoms with Gasteiger partial charge in [0.2, 0.25) is 0 Å². The molecule has 0 atom stereocenters. The first-order valence-electron chi connectivity index (χ1n) is 5.50. The van der Waals surface area contributed by atoms with Crippen LogP contribution in [0.2, 0.25) is 10.0 Å². The number of methoxy groups -OCH3 is 1. The number of pyridine rings is 1. The van der Waals surface area contributed by atoms with Crippen LogP contribution in [0.4, 0.5) is 5.69 Å². The molecule has 0 spiro atoms. The van der Waals surface area contributed by atoms with Gasteiger partial charge in [0.15, 0.2) is 0 Å². The molecule has 1 amide bonds. The van der Waals surface area contributed by atoms with Gasteiger partial charge < -0.3 is 15.2 Å². The van der Waals surface area contributed by atoms with Crippen LogP contribution in [-0.2, 0) is 0 Å². The van der Waals surface area contributed by atoms with E-state index in [1.165, 1.54) is 31.6 Å². The highest BCUT2D eigenvalue weighted by molar-refractivity contribution is 6.39. The van der Waals surface area contributed by atoms with Crippen molar-refractivity contribution >= 4 is 34.8 Å². The van der Waals surface area contributed by atoms with E-state index in [9.17, 15) is 9.90 Å². The van der Waals surface area contributed by atoms with Crippen molar-refractivity contribution in [1.29, 1.82) is 0 Å². The third kappa shape index (κ3) is 2.95. The van der Waals surface area contributed by atoms with Gasteiger partial charge in [-0.05, 0) is 12.1 Å². The van der Waals surface area contributed by atoms with Crippen molar-refractivity contribution in [1.82, 2.24) is 4.98 Å². The topological polar surface area (TPSA) is 71.5 Å². The van der Waals surface area contributed by atoms with Gasteiger partial charge in [-0.15, -0.1) is 0 Å². The minimum absolute atomic E-state index is 0.0785. The maximum atomic E-state index is 12.1. The fourth-order valence-corrected chi connectivity index (χ4v) is 2.00. The monoisotopic (exact) mass is 312 g/mol. The Morgan fingerprint density at radius 1 is 1.30 bits per heavy atom. The molecule has 0 saturated heterocycles. The molecular formula is C13H10Cl2N2O3. The lowest BCUT2D eigenvalue weighted by molar-refractivity contribution is 0.102. The lowest BCUT2D eigenvalue weighted by Gasteiger charge is -2.10. The van der Waals surface area contributed by atoms with Gasteiger partial charge in [0.25, 0.3) is 5.91 Å². The number of anilines is 1. The van der Waals surface area contributed by atoms with Gasteiger partial charge in [-0.25, -0.2) is 0 Å². The molecule has 5 nitrogen and oxygen atoms in total. The van der Waals surface area contributed by atoms with E-state index in [-0.39, 0.29) is 27.0 Å². The summed E-state index contributed by atoms with van der Waals surface area (Å²) in [6, 6.07) is 4.33. The number of rotatable bonds is 3. The fraction of sp³-hybridized carbons (Fsp3) is 0.0769. The van der Waals surface area contributed by atoms with Crippen LogP contribution >= 0.6 is 23.2 Å². The molecule has 0 radical (unpaired) electrons. The standard InChI is InChI=1S/C13H10Cl2N2O3/c1-20-7-2-3-8(11(18)4-7)13(19)17-12-9(14)5-16-6-10(12)15/h2-6,18H,1H3,(H,16,17,19). The Kier molecular flexibility index (Phi) is 4.32. The number of carbonyl (C=O) groups excluding carboxylic acids is 1. The van der Waals surface area contributed by atoms with E-state index < -0.39 is 5.91 Å². The zero-order valence-corrected chi connectivity index (χ0v) is 11.9. The van der Waals surface area contributed by atoms with Crippen molar-refractivity contribution in [2.45, 2.75) is 0 Å². The van der Waals surface area contributed by atoms with Crippen molar-refractivity contribution in [3.8, 4) is 11.5 Å². The first-order valence-corrected chi connectivity index (χ1v) is 6.26. The summed E-state index contributed by atoms with van der Waals surface area (Å²) in [6.45, 7) is 0. The zero-order chi connectivity index (χ0) is 14.7. The lowest BCUT2D eigenvalue weighted by atomic mass is 10.1. The van der Waals surface area contributed by atoms with Crippen molar-refractivity contribution in [3.05, 3.63) is 46.2 Å². The highest BCUT2D eigenvalue weighted by Gasteiger charge is 2.15. The molecule has 20 heavy (non-hydrogen) atoms. The van der Waals surface area contributed by atoms with E-state index in [2.05, 4.69) is 10.3 Å². The van der Waals surface area contributed by atoms with E-state index in [0.29, 0.717) is 5.75 Å². The van der Waals surface area contributed by atoms with E-state index in [4.69, 9.17) is 27.9 Å². The molecule has 0 aliphatic carbocycles. The molecule has 7 heteroatoms. The molecule has 0 bridgehead atoms. The fourth-order valence-electron chi connectivity index (χ4n) is 1.54. The maximum Gasteiger partial charge on any atom is 0.259 e. The van der Waals surface area contributed by atoms with Crippen LogP contribution in [0.3, 0.4) is 0 Å². The average molecular weight is 313 g/mol. The molecule has 0 saturated carbocycles. The summed E-state index contributed by atoms with van der Waals surface area (Å²) < 4.78 is 4.94. The average Bonchev–Trinajstić information content (AvgIpc) is 2.42. The van der Waals surface area contributed by atoms with Crippen molar-refractivity contribution in [2.75, 3.05) is 12.4 Å². The number of hydrogen-bond acceptors (Lipinski definition) is 4. The number of ether oxygens (including phenoxy) is 1. The Labute approximate surface area is 125 Å². The Morgan fingerprint density at radius 2 is 1.95 bits per heavy atom. The third-order valence-electron chi connectivity index (χ3n) is 2.54. The highest BCUT2D eigenvalue weighted by Crippen LogP contribution is 2.30. The van der Waals surface area contributed by atoms with Crippen molar-refractivity contribution in [3.63, 3.8) is 0 Å². The number of aromatic nitrogens is 1. The predicted molar refractivity (Wildman–Crippen MR) is 76.9 cm³/mol. The predicted octanol–water partition coefficient (Wildman–Crippen LogP) is 3.35. The van der Waals surface area contributed by atoms with Gasteiger partial charge in [0, 0.05) is 18.5 Å². The van der Waals surface area contributed by atoms with Gasteiger partial charge in [0.05, 0.1) is 28.4 Å². The Morgan fingerprint density at radius 3 is 2.50 bits per heavy atom. The van der Waals surface area contributed by atoms with Crippen LogP contribution in [0.1, 0.15) is 10.4 Å². The Balaban J connectivity index is 2.29. The van der Waals surface area contributed by atoms with Gasteiger partial charge in [-0.2, -0.15) is 0 Å². The molecule has 2 N–H and O–H groups in total.